The molecule has 19 heavy (non-hydrogen) atoms. The summed E-state index contributed by atoms with van der Waals surface area (Å²) < 4.78 is 0. The van der Waals surface area contributed by atoms with Crippen LogP contribution in [0, 0.1) is 12.8 Å². The molecule has 1 fully saturated rings. The molecule has 1 aliphatic heterocycles. The lowest BCUT2D eigenvalue weighted by molar-refractivity contribution is 0.376. The van der Waals surface area contributed by atoms with Gasteiger partial charge >= 0.3 is 0 Å². The highest BCUT2D eigenvalue weighted by molar-refractivity contribution is 7.13. The molecule has 0 aliphatic carbocycles. The molecule has 0 spiro atoms. The molecule has 0 bridgehead atoms. The first-order valence-electron chi connectivity index (χ1n) is 6.48. The van der Waals surface area contributed by atoms with Crippen LogP contribution < -0.4 is 10.6 Å². The largest absolute Gasteiger partial charge is 0.338 e. The van der Waals surface area contributed by atoms with E-state index in [-0.39, 0.29) is 6.04 Å². The van der Waals surface area contributed by atoms with E-state index in [1.165, 1.54) is 0 Å². The molecule has 2 aromatic heterocycles. The van der Waals surface area contributed by atoms with Crippen LogP contribution in [0.5, 0.6) is 0 Å². The van der Waals surface area contributed by atoms with Gasteiger partial charge in [0.2, 0.25) is 5.95 Å². The topological polar surface area (TPSA) is 83.7 Å². The fraction of sp³-hybridized carbons (Fsp3) is 0.583. The molecule has 2 unspecified atom stereocenters. The number of nitrogens with two attached hydrogens (primary N) is 1. The zero-order chi connectivity index (χ0) is 13.4. The van der Waals surface area contributed by atoms with Crippen LogP contribution in [0.25, 0.3) is 10.7 Å². The molecule has 2 atom stereocenters. The normalized spacial score (nSPS) is 23.8. The Morgan fingerprint density at radius 2 is 2.37 bits per heavy atom. The lowest BCUT2D eigenvalue weighted by Gasteiger charge is -2.34. The Labute approximate surface area is 116 Å². The van der Waals surface area contributed by atoms with Gasteiger partial charge in [0.1, 0.15) is 0 Å². The number of nitrogens with zero attached hydrogens (tertiary/aromatic N) is 4. The van der Waals surface area contributed by atoms with Crippen molar-refractivity contribution in [2.45, 2.75) is 26.3 Å². The molecule has 6 nitrogen and oxygen atoms in total. The minimum atomic E-state index is 0.195. The van der Waals surface area contributed by atoms with Crippen molar-refractivity contribution >= 4 is 17.3 Å². The first-order chi connectivity index (χ1) is 9.15. The van der Waals surface area contributed by atoms with E-state index in [0.29, 0.717) is 5.92 Å². The third-order valence-corrected chi connectivity index (χ3v) is 4.67. The zero-order valence-corrected chi connectivity index (χ0v) is 11.9. The number of hydrogen-bond donors (Lipinski definition) is 2. The van der Waals surface area contributed by atoms with Crippen LogP contribution in [-0.4, -0.2) is 39.3 Å². The number of thiazole rings is 1. The summed E-state index contributed by atoms with van der Waals surface area (Å²) in [4.78, 5) is 12.0. The van der Waals surface area contributed by atoms with Crippen molar-refractivity contribution in [1.29, 1.82) is 0 Å². The molecule has 1 aliphatic rings. The van der Waals surface area contributed by atoms with Crippen LogP contribution >= 0.6 is 11.3 Å². The number of piperidine rings is 1. The van der Waals surface area contributed by atoms with E-state index in [4.69, 9.17) is 5.73 Å². The van der Waals surface area contributed by atoms with Gasteiger partial charge in [0.15, 0.2) is 5.82 Å². The summed E-state index contributed by atoms with van der Waals surface area (Å²) in [6.07, 6.45) is 1.09. The number of aromatic nitrogens is 4. The molecule has 7 heteroatoms. The standard InChI is InChI=1S/C12H18N6S/c1-7-3-4-18(5-9(7)13)12-15-11(16-17-12)10-8(2)14-6-19-10/h6-7,9H,3-5,13H2,1-2H3,(H,15,16,17). The summed E-state index contributed by atoms with van der Waals surface area (Å²) in [5.41, 5.74) is 8.92. The van der Waals surface area contributed by atoms with Crippen molar-refractivity contribution in [2.24, 2.45) is 11.7 Å². The van der Waals surface area contributed by atoms with Crippen LogP contribution in [0.1, 0.15) is 19.0 Å². The Bertz CT molecular complexity index is 562. The van der Waals surface area contributed by atoms with Gasteiger partial charge in [0.05, 0.1) is 16.1 Å². The number of H-pyrrole nitrogens is 1. The SMILES string of the molecule is Cc1ncsc1-c1nc(N2CCC(C)C(N)C2)n[nH]1. The average Bonchev–Trinajstić information content (AvgIpc) is 3.01. The number of aromatic amines is 1. The highest BCUT2D eigenvalue weighted by Crippen LogP contribution is 2.26. The van der Waals surface area contributed by atoms with Crippen LogP contribution in [0.4, 0.5) is 5.95 Å². The minimum absolute atomic E-state index is 0.195. The molecule has 0 aromatic carbocycles. The summed E-state index contributed by atoms with van der Waals surface area (Å²) >= 11 is 1.58. The average molecular weight is 278 g/mol. The van der Waals surface area contributed by atoms with E-state index in [1.807, 2.05) is 12.4 Å². The molecule has 102 valence electrons. The molecule has 0 amide bonds. The lowest BCUT2D eigenvalue weighted by atomic mass is 9.95. The summed E-state index contributed by atoms with van der Waals surface area (Å²) in [6, 6.07) is 0.195. The minimum Gasteiger partial charge on any atom is -0.338 e. The molecule has 1 saturated heterocycles. The quantitative estimate of drug-likeness (QED) is 0.867. The Balaban J connectivity index is 1.80. The summed E-state index contributed by atoms with van der Waals surface area (Å²) in [5.74, 6) is 2.10. The van der Waals surface area contributed by atoms with Crippen molar-refractivity contribution in [3.05, 3.63) is 11.2 Å². The Kier molecular flexibility index (Phi) is 3.24. The van der Waals surface area contributed by atoms with E-state index in [1.54, 1.807) is 11.3 Å². The van der Waals surface area contributed by atoms with E-state index in [2.05, 4.69) is 32.0 Å². The van der Waals surface area contributed by atoms with Gasteiger partial charge in [0, 0.05) is 19.1 Å². The first-order valence-corrected chi connectivity index (χ1v) is 7.36. The highest BCUT2D eigenvalue weighted by atomic mass is 32.1. The second-order valence-electron chi connectivity index (χ2n) is 5.13. The van der Waals surface area contributed by atoms with E-state index in [9.17, 15) is 0 Å². The maximum absolute atomic E-state index is 6.12. The molecule has 3 N–H and O–H groups in total. The van der Waals surface area contributed by atoms with Gasteiger partial charge in [-0.2, -0.15) is 4.98 Å². The van der Waals surface area contributed by atoms with Crippen molar-refractivity contribution < 1.29 is 0 Å². The second-order valence-corrected chi connectivity index (χ2v) is 5.98. The van der Waals surface area contributed by atoms with Crippen LogP contribution in [0.15, 0.2) is 5.51 Å². The number of aryl methyl sites for hydroxylation is 1. The van der Waals surface area contributed by atoms with Crippen LogP contribution in [0.3, 0.4) is 0 Å². The highest BCUT2D eigenvalue weighted by Gasteiger charge is 2.25. The lowest BCUT2D eigenvalue weighted by Crippen LogP contribution is -2.48. The molecule has 3 rings (SSSR count). The van der Waals surface area contributed by atoms with Crippen molar-refractivity contribution in [3.8, 4) is 10.7 Å². The van der Waals surface area contributed by atoms with Crippen molar-refractivity contribution in [1.82, 2.24) is 20.2 Å². The van der Waals surface area contributed by atoms with E-state index >= 15 is 0 Å². The van der Waals surface area contributed by atoms with Crippen molar-refractivity contribution in [2.75, 3.05) is 18.0 Å². The van der Waals surface area contributed by atoms with E-state index in [0.717, 1.165) is 41.9 Å². The summed E-state index contributed by atoms with van der Waals surface area (Å²) in [7, 11) is 0. The third kappa shape index (κ3) is 2.35. The fourth-order valence-corrected chi connectivity index (χ4v) is 3.05. The van der Waals surface area contributed by atoms with Gasteiger partial charge in [-0.3, -0.25) is 5.10 Å². The van der Waals surface area contributed by atoms with Gasteiger partial charge in [-0.05, 0) is 19.3 Å². The van der Waals surface area contributed by atoms with Gasteiger partial charge in [-0.15, -0.1) is 16.4 Å². The molecular weight excluding hydrogens is 260 g/mol. The number of hydrogen-bond acceptors (Lipinski definition) is 6. The summed E-state index contributed by atoms with van der Waals surface area (Å²) in [5, 5.41) is 7.31. The maximum atomic E-state index is 6.12. The number of rotatable bonds is 2. The molecule has 0 radical (unpaired) electrons. The fourth-order valence-electron chi connectivity index (χ4n) is 2.31. The van der Waals surface area contributed by atoms with Gasteiger partial charge in [0.25, 0.3) is 0 Å². The zero-order valence-electron chi connectivity index (χ0n) is 11.1. The van der Waals surface area contributed by atoms with Gasteiger partial charge in [-0.25, -0.2) is 4.98 Å². The van der Waals surface area contributed by atoms with Crippen LogP contribution in [0.2, 0.25) is 0 Å². The van der Waals surface area contributed by atoms with Crippen LogP contribution in [-0.2, 0) is 0 Å². The van der Waals surface area contributed by atoms with Gasteiger partial charge < -0.3 is 10.6 Å². The summed E-state index contributed by atoms with van der Waals surface area (Å²) in [6.45, 7) is 5.96. The number of nitrogens with one attached hydrogen (secondary N) is 1. The Hall–Kier alpha value is -1.47. The Morgan fingerprint density at radius 1 is 1.53 bits per heavy atom. The third-order valence-electron chi connectivity index (χ3n) is 3.73. The maximum Gasteiger partial charge on any atom is 0.245 e. The van der Waals surface area contributed by atoms with Gasteiger partial charge in [-0.1, -0.05) is 6.92 Å². The monoisotopic (exact) mass is 278 g/mol. The first kappa shape index (κ1) is 12.6. The smallest absolute Gasteiger partial charge is 0.245 e. The van der Waals surface area contributed by atoms with Crippen molar-refractivity contribution in [3.63, 3.8) is 0 Å². The molecule has 3 heterocycles. The molecule has 0 saturated carbocycles. The molecule has 2 aromatic rings. The number of anilines is 1. The predicted molar refractivity (Wildman–Crippen MR) is 76.2 cm³/mol. The second kappa shape index (κ2) is 4.90. The molecular formula is C12H18N6S. The predicted octanol–water partition coefficient (Wildman–Crippen LogP) is 1.41. The Morgan fingerprint density at radius 3 is 3.05 bits per heavy atom. The van der Waals surface area contributed by atoms with E-state index < -0.39 is 0 Å².